The van der Waals surface area contributed by atoms with Crippen molar-refractivity contribution in [2.24, 2.45) is 0 Å². The van der Waals surface area contributed by atoms with Gasteiger partial charge in [-0.15, -0.1) is 0 Å². The topological polar surface area (TPSA) is 94.4 Å². The van der Waals surface area contributed by atoms with E-state index in [1.54, 1.807) is 0 Å². The number of fused-ring (bicyclic) bond motifs is 1. The van der Waals surface area contributed by atoms with Crippen molar-refractivity contribution in [3.63, 3.8) is 0 Å². The second kappa shape index (κ2) is 2.34. The molecule has 3 rings (SSSR count). The SMILES string of the molecule is O=c1[nH]c(=O)c2[nH]c(C3CC3)nc2[nH]1. The van der Waals surface area contributed by atoms with E-state index in [1.165, 1.54) is 0 Å². The molecular formula is C8H8N4O2. The number of aromatic nitrogens is 4. The van der Waals surface area contributed by atoms with Crippen molar-refractivity contribution < 1.29 is 0 Å². The first-order valence-electron chi connectivity index (χ1n) is 4.46. The van der Waals surface area contributed by atoms with Crippen LogP contribution in [0.3, 0.4) is 0 Å². The highest BCUT2D eigenvalue weighted by Crippen LogP contribution is 2.38. The summed E-state index contributed by atoms with van der Waals surface area (Å²) in [6.07, 6.45) is 2.20. The number of nitrogens with one attached hydrogen (secondary N) is 3. The van der Waals surface area contributed by atoms with Crippen LogP contribution in [0, 0.1) is 0 Å². The van der Waals surface area contributed by atoms with Gasteiger partial charge in [0.15, 0.2) is 5.65 Å². The van der Waals surface area contributed by atoms with Gasteiger partial charge in [0.1, 0.15) is 11.3 Å². The van der Waals surface area contributed by atoms with E-state index in [4.69, 9.17) is 0 Å². The van der Waals surface area contributed by atoms with Crippen LogP contribution in [0.1, 0.15) is 24.6 Å². The molecule has 3 N–H and O–H groups in total. The molecule has 14 heavy (non-hydrogen) atoms. The third-order valence-corrected chi connectivity index (χ3v) is 2.37. The summed E-state index contributed by atoms with van der Waals surface area (Å²) in [5.74, 6) is 1.23. The Hall–Kier alpha value is -1.85. The molecule has 1 fully saturated rings. The lowest BCUT2D eigenvalue weighted by molar-refractivity contribution is 0.982. The van der Waals surface area contributed by atoms with Crippen LogP contribution >= 0.6 is 0 Å². The molecule has 0 amide bonds. The zero-order chi connectivity index (χ0) is 9.71. The number of imidazole rings is 1. The number of hydrogen-bond donors (Lipinski definition) is 3. The minimum atomic E-state index is -0.517. The highest BCUT2D eigenvalue weighted by molar-refractivity contribution is 5.68. The molecule has 6 nitrogen and oxygen atoms in total. The fraction of sp³-hybridized carbons (Fsp3) is 0.375. The van der Waals surface area contributed by atoms with Crippen LogP contribution in [-0.2, 0) is 0 Å². The van der Waals surface area contributed by atoms with E-state index in [-0.39, 0.29) is 0 Å². The van der Waals surface area contributed by atoms with Crippen LogP contribution in [0.2, 0.25) is 0 Å². The lowest BCUT2D eigenvalue weighted by Gasteiger charge is -1.83. The lowest BCUT2D eigenvalue weighted by Crippen LogP contribution is -2.21. The average molecular weight is 192 g/mol. The standard InChI is InChI=1S/C8H8N4O2/c13-7-4-6(11-8(14)12-7)10-5(9-4)3-1-2-3/h3H,1-2H2,(H3,9,10,11,12,13,14). The molecule has 2 aromatic heterocycles. The Morgan fingerprint density at radius 1 is 1.14 bits per heavy atom. The molecule has 6 heteroatoms. The summed E-state index contributed by atoms with van der Waals surface area (Å²) in [4.78, 5) is 34.0. The number of H-pyrrole nitrogens is 3. The molecule has 0 aliphatic heterocycles. The zero-order valence-electron chi connectivity index (χ0n) is 7.26. The summed E-state index contributed by atoms with van der Waals surface area (Å²) in [6, 6.07) is 0. The van der Waals surface area contributed by atoms with Crippen molar-refractivity contribution in [2.75, 3.05) is 0 Å². The van der Waals surface area contributed by atoms with E-state index < -0.39 is 11.2 Å². The molecule has 0 bridgehead atoms. The fourth-order valence-corrected chi connectivity index (χ4v) is 1.50. The van der Waals surface area contributed by atoms with Gasteiger partial charge in [-0.05, 0) is 12.8 Å². The maximum atomic E-state index is 11.3. The fourth-order valence-electron chi connectivity index (χ4n) is 1.50. The van der Waals surface area contributed by atoms with Crippen molar-refractivity contribution in [2.45, 2.75) is 18.8 Å². The average Bonchev–Trinajstić information content (AvgIpc) is 2.87. The van der Waals surface area contributed by atoms with Gasteiger partial charge in [0.2, 0.25) is 0 Å². The van der Waals surface area contributed by atoms with Crippen molar-refractivity contribution in [3.05, 3.63) is 26.7 Å². The smallest absolute Gasteiger partial charge is 0.327 e. The number of rotatable bonds is 1. The van der Waals surface area contributed by atoms with Gasteiger partial charge in [-0.2, -0.15) is 0 Å². The number of nitrogens with zero attached hydrogens (tertiary/aromatic N) is 1. The minimum absolute atomic E-state index is 0.348. The summed E-state index contributed by atoms with van der Waals surface area (Å²) in [7, 11) is 0. The van der Waals surface area contributed by atoms with E-state index in [1.807, 2.05) is 0 Å². The third kappa shape index (κ3) is 1.00. The summed E-state index contributed by atoms with van der Waals surface area (Å²) in [5.41, 5.74) is -0.230. The maximum Gasteiger partial charge on any atom is 0.327 e. The van der Waals surface area contributed by atoms with E-state index in [2.05, 4.69) is 19.9 Å². The quantitative estimate of drug-likeness (QED) is 0.584. The molecule has 0 aromatic carbocycles. The molecule has 0 saturated heterocycles. The molecule has 2 heterocycles. The van der Waals surface area contributed by atoms with Crippen molar-refractivity contribution >= 4 is 11.2 Å². The molecule has 72 valence electrons. The van der Waals surface area contributed by atoms with Crippen LogP contribution in [0.25, 0.3) is 11.2 Å². The van der Waals surface area contributed by atoms with Gasteiger partial charge in [0.05, 0.1) is 0 Å². The highest BCUT2D eigenvalue weighted by Gasteiger charge is 2.27. The second-order valence-corrected chi connectivity index (χ2v) is 3.53. The van der Waals surface area contributed by atoms with Gasteiger partial charge in [-0.3, -0.25) is 14.8 Å². The Bertz CT molecular complexity index is 602. The Morgan fingerprint density at radius 3 is 2.64 bits per heavy atom. The zero-order valence-corrected chi connectivity index (χ0v) is 7.26. The van der Waals surface area contributed by atoms with E-state index in [0.29, 0.717) is 17.1 Å². The Labute approximate surface area is 77.4 Å². The summed E-state index contributed by atoms with van der Waals surface area (Å²) in [5, 5.41) is 0. The summed E-state index contributed by atoms with van der Waals surface area (Å²) < 4.78 is 0. The molecule has 1 aliphatic rings. The van der Waals surface area contributed by atoms with Crippen LogP contribution in [-0.4, -0.2) is 19.9 Å². The molecular weight excluding hydrogens is 184 g/mol. The van der Waals surface area contributed by atoms with Gasteiger partial charge in [0.25, 0.3) is 5.56 Å². The molecule has 0 unspecified atom stereocenters. The molecule has 0 atom stereocenters. The molecule has 0 radical (unpaired) electrons. The van der Waals surface area contributed by atoms with Crippen molar-refractivity contribution in [1.29, 1.82) is 0 Å². The first-order valence-corrected chi connectivity index (χ1v) is 4.46. The van der Waals surface area contributed by atoms with Crippen molar-refractivity contribution in [3.8, 4) is 0 Å². The van der Waals surface area contributed by atoms with Gasteiger partial charge in [-0.25, -0.2) is 9.78 Å². The van der Waals surface area contributed by atoms with Gasteiger partial charge in [-0.1, -0.05) is 0 Å². The number of aromatic amines is 3. The van der Waals surface area contributed by atoms with Crippen LogP contribution in [0.15, 0.2) is 9.59 Å². The second-order valence-electron chi connectivity index (χ2n) is 3.53. The normalized spacial score (nSPS) is 16.3. The molecule has 0 spiro atoms. The van der Waals surface area contributed by atoms with E-state index in [0.717, 1.165) is 18.7 Å². The Kier molecular flexibility index (Phi) is 1.26. The highest BCUT2D eigenvalue weighted by atomic mass is 16.2. The lowest BCUT2D eigenvalue weighted by atomic mass is 10.4. The van der Waals surface area contributed by atoms with Crippen LogP contribution < -0.4 is 11.2 Å². The number of hydrogen-bond acceptors (Lipinski definition) is 3. The minimum Gasteiger partial charge on any atom is -0.336 e. The Morgan fingerprint density at radius 2 is 1.93 bits per heavy atom. The Balaban J connectivity index is 2.36. The molecule has 2 aromatic rings. The predicted octanol–water partition coefficient (Wildman–Crippen LogP) is -0.183. The monoisotopic (exact) mass is 192 g/mol. The van der Waals surface area contributed by atoms with Gasteiger partial charge in [0, 0.05) is 5.92 Å². The van der Waals surface area contributed by atoms with Gasteiger partial charge >= 0.3 is 5.69 Å². The van der Waals surface area contributed by atoms with E-state index in [9.17, 15) is 9.59 Å². The summed E-state index contributed by atoms with van der Waals surface area (Å²) in [6.45, 7) is 0. The molecule has 1 aliphatic carbocycles. The van der Waals surface area contributed by atoms with E-state index >= 15 is 0 Å². The van der Waals surface area contributed by atoms with Crippen molar-refractivity contribution in [1.82, 2.24) is 19.9 Å². The van der Waals surface area contributed by atoms with Crippen LogP contribution in [0.5, 0.6) is 0 Å². The molecule has 1 saturated carbocycles. The first-order chi connectivity index (χ1) is 6.74. The maximum absolute atomic E-state index is 11.3. The largest absolute Gasteiger partial charge is 0.336 e. The summed E-state index contributed by atoms with van der Waals surface area (Å²) >= 11 is 0. The third-order valence-electron chi connectivity index (χ3n) is 2.37. The van der Waals surface area contributed by atoms with Crippen LogP contribution in [0.4, 0.5) is 0 Å². The predicted molar refractivity (Wildman–Crippen MR) is 49.3 cm³/mol. The van der Waals surface area contributed by atoms with Gasteiger partial charge < -0.3 is 4.98 Å². The first kappa shape index (κ1) is 7.54.